The van der Waals surface area contributed by atoms with Crippen molar-refractivity contribution < 1.29 is 27.9 Å². The number of nitrogens with one attached hydrogen (secondary N) is 1. The number of aromatic carboxylic acids is 1. The van der Waals surface area contributed by atoms with Crippen LogP contribution in [0.25, 0.3) is 0 Å². The zero-order valence-corrected chi connectivity index (χ0v) is 13.8. The summed E-state index contributed by atoms with van der Waals surface area (Å²) in [7, 11) is 0. The third-order valence-electron chi connectivity index (χ3n) is 4.22. The van der Waals surface area contributed by atoms with Gasteiger partial charge in [0, 0.05) is 24.8 Å². The molecule has 2 rings (SSSR count). The van der Waals surface area contributed by atoms with E-state index in [1.165, 1.54) is 16.7 Å². The Morgan fingerprint density at radius 1 is 1.29 bits per heavy atom. The molecule has 1 saturated carbocycles. The summed E-state index contributed by atoms with van der Waals surface area (Å²) in [5.74, 6) is -2.50. The number of halogens is 3. The minimum atomic E-state index is -4.13. The molecule has 24 heavy (non-hydrogen) atoms. The second kappa shape index (κ2) is 7.96. The van der Waals surface area contributed by atoms with E-state index >= 15 is 0 Å². The lowest BCUT2D eigenvalue weighted by Crippen LogP contribution is -2.31. The van der Waals surface area contributed by atoms with Crippen molar-refractivity contribution in [1.29, 1.82) is 0 Å². The summed E-state index contributed by atoms with van der Waals surface area (Å²) in [6.07, 6.45) is -2.42. The highest BCUT2D eigenvalue weighted by molar-refractivity contribution is 7.09. The maximum absolute atomic E-state index is 12.6. The first-order valence-electron chi connectivity index (χ1n) is 7.77. The van der Waals surface area contributed by atoms with Crippen LogP contribution in [0.5, 0.6) is 0 Å². The van der Waals surface area contributed by atoms with Crippen molar-refractivity contribution in [3.63, 3.8) is 0 Å². The Labute approximate surface area is 141 Å². The third-order valence-corrected chi connectivity index (χ3v) is 5.12. The predicted octanol–water partition coefficient (Wildman–Crippen LogP) is 3.26. The normalized spacial score (nSPS) is 21.5. The van der Waals surface area contributed by atoms with E-state index in [4.69, 9.17) is 5.11 Å². The van der Waals surface area contributed by atoms with E-state index in [2.05, 4.69) is 10.3 Å². The molecule has 1 aliphatic rings. The molecule has 1 fully saturated rings. The number of aromatic nitrogens is 1. The molecule has 5 nitrogen and oxygen atoms in total. The molecular formula is C15H19F3N2O3S. The fraction of sp³-hybridized carbons (Fsp3) is 0.667. The van der Waals surface area contributed by atoms with Crippen molar-refractivity contribution in [2.45, 2.75) is 44.7 Å². The Morgan fingerprint density at radius 2 is 1.96 bits per heavy atom. The first kappa shape index (κ1) is 18.7. The van der Waals surface area contributed by atoms with Crippen LogP contribution in [0.1, 0.15) is 47.6 Å². The average molecular weight is 364 g/mol. The molecule has 1 aromatic heterocycles. The zero-order chi connectivity index (χ0) is 17.7. The second-order valence-corrected chi connectivity index (χ2v) is 6.94. The van der Waals surface area contributed by atoms with Crippen molar-refractivity contribution in [3.8, 4) is 0 Å². The molecule has 0 bridgehead atoms. The van der Waals surface area contributed by atoms with Crippen LogP contribution >= 0.6 is 11.3 Å². The Balaban J connectivity index is 1.66. The van der Waals surface area contributed by atoms with E-state index in [-0.39, 0.29) is 36.8 Å². The first-order chi connectivity index (χ1) is 11.3. The predicted molar refractivity (Wildman–Crippen MR) is 81.9 cm³/mol. The van der Waals surface area contributed by atoms with E-state index in [1.54, 1.807) is 0 Å². The smallest absolute Gasteiger partial charge is 0.391 e. The highest BCUT2D eigenvalue weighted by Gasteiger charge is 2.41. The zero-order valence-electron chi connectivity index (χ0n) is 12.9. The minimum Gasteiger partial charge on any atom is -0.476 e. The van der Waals surface area contributed by atoms with Gasteiger partial charge in [0.15, 0.2) is 5.69 Å². The van der Waals surface area contributed by atoms with Gasteiger partial charge in [0.1, 0.15) is 0 Å². The summed E-state index contributed by atoms with van der Waals surface area (Å²) in [5.41, 5.74) is -0.0113. The lowest BCUT2D eigenvalue weighted by Gasteiger charge is -2.29. The molecule has 0 atom stereocenters. The summed E-state index contributed by atoms with van der Waals surface area (Å²) in [5, 5.41) is 13.6. The summed E-state index contributed by atoms with van der Waals surface area (Å²) < 4.78 is 37.8. The summed E-state index contributed by atoms with van der Waals surface area (Å²) >= 11 is 1.22. The van der Waals surface area contributed by atoms with E-state index in [0.29, 0.717) is 30.8 Å². The number of hydrogen-bond donors (Lipinski definition) is 2. The van der Waals surface area contributed by atoms with Gasteiger partial charge < -0.3 is 10.4 Å². The Kier molecular flexibility index (Phi) is 6.20. The van der Waals surface area contributed by atoms with E-state index in [0.717, 1.165) is 0 Å². The fourth-order valence-electron chi connectivity index (χ4n) is 2.86. The maximum atomic E-state index is 12.6. The molecule has 1 aromatic rings. The molecule has 1 aliphatic carbocycles. The molecule has 0 unspecified atom stereocenters. The van der Waals surface area contributed by atoms with Crippen LogP contribution in [0.15, 0.2) is 5.38 Å². The van der Waals surface area contributed by atoms with Crippen LogP contribution in [-0.2, 0) is 11.2 Å². The Hall–Kier alpha value is -1.64. The SMILES string of the molecule is O=C(CC1CCC(C(F)(F)F)CC1)NCCc1nc(C(=O)O)cs1. The van der Waals surface area contributed by atoms with Gasteiger partial charge in [-0.1, -0.05) is 0 Å². The largest absolute Gasteiger partial charge is 0.476 e. The van der Waals surface area contributed by atoms with E-state index < -0.39 is 18.1 Å². The van der Waals surface area contributed by atoms with Gasteiger partial charge in [-0.3, -0.25) is 4.79 Å². The van der Waals surface area contributed by atoms with Gasteiger partial charge in [0.2, 0.25) is 5.91 Å². The van der Waals surface area contributed by atoms with Gasteiger partial charge in [0.25, 0.3) is 0 Å². The molecule has 0 aromatic carbocycles. The first-order valence-corrected chi connectivity index (χ1v) is 8.64. The van der Waals surface area contributed by atoms with Crippen LogP contribution < -0.4 is 5.32 Å². The van der Waals surface area contributed by atoms with Crippen LogP contribution in [0.3, 0.4) is 0 Å². The van der Waals surface area contributed by atoms with Crippen LogP contribution in [0.2, 0.25) is 0 Å². The van der Waals surface area contributed by atoms with Crippen molar-refractivity contribution in [2.75, 3.05) is 6.54 Å². The van der Waals surface area contributed by atoms with Crippen molar-refractivity contribution in [3.05, 3.63) is 16.1 Å². The van der Waals surface area contributed by atoms with E-state index in [9.17, 15) is 22.8 Å². The summed E-state index contributed by atoms with van der Waals surface area (Å²) in [6.45, 7) is 0.337. The minimum absolute atomic E-state index is 0.00192. The van der Waals surface area contributed by atoms with Crippen molar-refractivity contribution >= 4 is 23.2 Å². The number of nitrogens with zero attached hydrogens (tertiary/aromatic N) is 1. The Bertz CT molecular complexity index is 581. The highest BCUT2D eigenvalue weighted by Crippen LogP contribution is 2.40. The third kappa shape index (κ3) is 5.47. The quantitative estimate of drug-likeness (QED) is 0.812. The van der Waals surface area contributed by atoms with Crippen LogP contribution in [-0.4, -0.2) is 34.7 Å². The fourth-order valence-corrected chi connectivity index (χ4v) is 3.63. The number of hydrogen-bond acceptors (Lipinski definition) is 4. The number of carboxylic acid groups (broad SMARTS) is 1. The lowest BCUT2D eigenvalue weighted by molar-refractivity contribution is -0.184. The summed E-state index contributed by atoms with van der Waals surface area (Å²) in [4.78, 5) is 26.5. The lowest BCUT2D eigenvalue weighted by atomic mass is 9.80. The van der Waals surface area contributed by atoms with Gasteiger partial charge >= 0.3 is 12.1 Å². The van der Waals surface area contributed by atoms with Gasteiger partial charge in [-0.25, -0.2) is 9.78 Å². The number of rotatable bonds is 6. The summed E-state index contributed by atoms with van der Waals surface area (Å²) in [6, 6.07) is 0. The molecule has 1 heterocycles. The average Bonchev–Trinajstić information content (AvgIpc) is 2.96. The molecule has 0 saturated heterocycles. The van der Waals surface area contributed by atoms with Gasteiger partial charge in [0.05, 0.1) is 10.9 Å². The monoisotopic (exact) mass is 364 g/mol. The van der Waals surface area contributed by atoms with Crippen LogP contribution in [0, 0.1) is 11.8 Å². The van der Waals surface area contributed by atoms with E-state index in [1.807, 2.05) is 0 Å². The standard InChI is InChI=1S/C15H19F3N2O3S/c16-15(17,18)10-3-1-9(2-4-10)7-12(21)19-6-5-13-20-11(8-24-13)14(22)23/h8-10H,1-7H2,(H,19,21)(H,22,23). The highest BCUT2D eigenvalue weighted by atomic mass is 32.1. The van der Waals surface area contributed by atoms with Crippen LogP contribution in [0.4, 0.5) is 13.2 Å². The number of amides is 1. The molecule has 2 N–H and O–H groups in total. The van der Waals surface area contributed by atoms with Gasteiger partial charge in [-0.2, -0.15) is 13.2 Å². The maximum Gasteiger partial charge on any atom is 0.391 e. The topological polar surface area (TPSA) is 79.3 Å². The molecule has 1 amide bonds. The number of carboxylic acids is 1. The number of alkyl halides is 3. The number of carbonyl (C=O) groups is 2. The molecule has 0 radical (unpaired) electrons. The molecule has 9 heteroatoms. The van der Waals surface area contributed by atoms with Crippen molar-refractivity contribution in [2.24, 2.45) is 11.8 Å². The number of carbonyl (C=O) groups excluding carboxylic acids is 1. The van der Waals surface area contributed by atoms with Gasteiger partial charge in [-0.05, 0) is 31.6 Å². The second-order valence-electron chi connectivity index (χ2n) is 5.99. The van der Waals surface area contributed by atoms with Gasteiger partial charge in [-0.15, -0.1) is 11.3 Å². The molecule has 0 aliphatic heterocycles. The Morgan fingerprint density at radius 3 is 2.50 bits per heavy atom. The molecule has 134 valence electrons. The molecule has 0 spiro atoms. The van der Waals surface area contributed by atoms with Crippen molar-refractivity contribution in [1.82, 2.24) is 10.3 Å². The molecular weight excluding hydrogens is 345 g/mol. The number of thiazole rings is 1.